The number of amides is 2. The third-order valence-electron chi connectivity index (χ3n) is 3.49. The maximum atomic E-state index is 12.2. The fraction of sp³-hybridized carbons (Fsp3) is 0.357. The van der Waals surface area contributed by atoms with Gasteiger partial charge in [-0.15, -0.1) is 0 Å². The summed E-state index contributed by atoms with van der Waals surface area (Å²) in [6.45, 7) is 0.614. The minimum atomic E-state index is -1.14. The molecule has 7 nitrogen and oxygen atoms in total. The molecule has 1 aromatic rings. The Morgan fingerprint density at radius 1 is 1.24 bits per heavy atom. The van der Waals surface area contributed by atoms with Crippen molar-refractivity contribution in [1.82, 2.24) is 9.80 Å². The van der Waals surface area contributed by atoms with Gasteiger partial charge in [-0.1, -0.05) is 12.1 Å². The van der Waals surface area contributed by atoms with Crippen LogP contribution < -0.4 is 0 Å². The molecular weight excluding hydrogens is 276 g/mol. The predicted octanol–water partition coefficient (Wildman–Crippen LogP) is 0.966. The van der Waals surface area contributed by atoms with E-state index in [9.17, 15) is 19.5 Å². The van der Waals surface area contributed by atoms with Gasteiger partial charge in [0.05, 0.1) is 12.7 Å². The van der Waals surface area contributed by atoms with E-state index in [2.05, 4.69) is 4.74 Å². The summed E-state index contributed by atoms with van der Waals surface area (Å²) in [5.74, 6) is -0.766. The fourth-order valence-corrected chi connectivity index (χ4v) is 2.29. The van der Waals surface area contributed by atoms with Crippen molar-refractivity contribution in [3.05, 3.63) is 35.4 Å². The minimum Gasteiger partial charge on any atom is -0.465 e. The van der Waals surface area contributed by atoms with Crippen LogP contribution in [0.3, 0.4) is 0 Å². The molecule has 7 heteroatoms. The third-order valence-corrected chi connectivity index (χ3v) is 3.49. The molecule has 1 N–H and O–H groups in total. The molecular formula is C14H16N2O5. The lowest BCUT2D eigenvalue weighted by molar-refractivity contribution is -0.139. The molecule has 0 radical (unpaired) electrons. The van der Waals surface area contributed by atoms with Crippen LogP contribution in [0.25, 0.3) is 0 Å². The lowest BCUT2D eigenvalue weighted by Crippen LogP contribution is -2.52. The van der Waals surface area contributed by atoms with Gasteiger partial charge in [0.2, 0.25) is 5.91 Å². The molecule has 0 bridgehead atoms. The summed E-state index contributed by atoms with van der Waals surface area (Å²) in [5.41, 5.74) is 0.876. The highest BCUT2D eigenvalue weighted by Crippen LogP contribution is 2.26. The van der Waals surface area contributed by atoms with Crippen molar-refractivity contribution >= 4 is 18.0 Å². The molecule has 112 valence electrons. The summed E-state index contributed by atoms with van der Waals surface area (Å²) in [6.07, 6.45) is -1.14. The van der Waals surface area contributed by atoms with Crippen LogP contribution in [0.15, 0.2) is 24.3 Å². The number of likely N-dealkylation sites (N-methyl/N-ethyl adjacent to an activating group) is 1. The molecule has 0 saturated carbocycles. The molecule has 0 spiro atoms. The van der Waals surface area contributed by atoms with E-state index < -0.39 is 18.1 Å². The zero-order valence-corrected chi connectivity index (χ0v) is 11.8. The zero-order chi connectivity index (χ0) is 15.6. The van der Waals surface area contributed by atoms with Gasteiger partial charge in [0.15, 0.2) is 0 Å². The standard InChI is InChI=1S/C14H16N2O5/c1-15-7-8-16(14(19)20)11(12(15)17)9-3-5-10(6-4-9)13(18)21-2/h3-6,11H,7-8H2,1-2H3,(H,19,20). The monoisotopic (exact) mass is 292 g/mol. The van der Waals surface area contributed by atoms with Crippen molar-refractivity contribution in [2.75, 3.05) is 27.2 Å². The Morgan fingerprint density at radius 2 is 1.86 bits per heavy atom. The summed E-state index contributed by atoms with van der Waals surface area (Å²) >= 11 is 0. The molecule has 1 fully saturated rings. The molecule has 1 atom stereocenters. The van der Waals surface area contributed by atoms with E-state index in [4.69, 9.17) is 0 Å². The number of rotatable bonds is 2. The van der Waals surface area contributed by atoms with Gasteiger partial charge in [0.1, 0.15) is 6.04 Å². The topological polar surface area (TPSA) is 87.2 Å². The first-order valence-corrected chi connectivity index (χ1v) is 6.38. The molecule has 1 heterocycles. The van der Waals surface area contributed by atoms with E-state index >= 15 is 0 Å². The van der Waals surface area contributed by atoms with Gasteiger partial charge in [0, 0.05) is 20.1 Å². The molecule has 2 amide bonds. The number of esters is 1. The number of carboxylic acid groups (broad SMARTS) is 1. The van der Waals surface area contributed by atoms with E-state index in [1.165, 1.54) is 24.1 Å². The van der Waals surface area contributed by atoms with Crippen LogP contribution in [0.2, 0.25) is 0 Å². The number of hydrogen-bond acceptors (Lipinski definition) is 4. The van der Waals surface area contributed by atoms with Gasteiger partial charge in [-0.3, -0.25) is 9.69 Å². The smallest absolute Gasteiger partial charge is 0.408 e. The van der Waals surface area contributed by atoms with Crippen LogP contribution in [-0.4, -0.2) is 60.1 Å². The van der Waals surface area contributed by atoms with Crippen LogP contribution in [0.1, 0.15) is 22.0 Å². The Hall–Kier alpha value is -2.57. The Bertz CT molecular complexity index is 569. The quantitative estimate of drug-likeness (QED) is 0.821. The van der Waals surface area contributed by atoms with Crippen LogP contribution in [0.4, 0.5) is 4.79 Å². The van der Waals surface area contributed by atoms with Crippen molar-refractivity contribution in [2.24, 2.45) is 0 Å². The molecule has 1 aliphatic heterocycles. The number of nitrogens with zero attached hydrogens (tertiary/aromatic N) is 2. The number of hydrogen-bond donors (Lipinski definition) is 1. The molecule has 1 aromatic carbocycles. The summed E-state index contributed by atoms with van der Waals surface area (Å²) < 4.78 is 4.60. The maximum absolute atomic E-state index is 12.2. The lowest BCUT2D eigenvalue weighted by Gasteiger charge is -2.37. The molecule has 2 rings (SSSR count). The summed E-state index contributed by atoms with van der Waals surface area (Å²) in [6, 6.07) is 5.30. The number of benzene rings is 1. The number of carbonyl (C=O) groups excluding carboxylic acids is 2. The van der Waals surface area contributed by atoms with Crippen LogP contribution in [-0.2, 0) is 9.53 Å². The molecule has 1 unspecified atom stereocenters. The van der Waals surface area contributed by atoms with E-state index in [0.29, 0.717) is 17.7 Å². The van der Waals surface area contributed by atoms with E-state index in [1.54, 1.807) is 19.2 Å². The van der Waals surface area contributed by atoms with Crippen LogP contribution in [0, 0.1) is 0 Å². The summed E-state index contributed by atoms with van der Waals surface area (Å²) in [5, 5.41) is 9.24. The second kappa shape index (κ2) is 5.82. The summed E-state index contributed by atoms with van der Waals surface area (Å²) in [7, 11) is 2.92. The average molecular weight is 292 g/mol. The van der Waals surface area contributed by atoms with Crippen molar-refractivity contribution in [3.8, 4) is 0 Å². The maximum Gasteiger partial charge on any atom is 0.408 e. The largest absolute Gasteiger partial charge is 0.465 e. The van der Waals surface area contributed by atoms with E-state index in [0.717, 1.165) is 4.90 Å². The number of ether oxygens (including phenoxy) is 1. The SMILES string of the molecule is COC(=O)c1ccc(C2C(=O)N(C)CCN2C(=O)O)cc1. The van der Waals surface area contributed by atoms with Gasteiger partial charge in [-0.05, 0) is 17.7 Å². The third kappa shape index (κ3) is 2.81. The second-order valence-corrected chi connectivity index (χ2v) is 4.75. The van der Waals surface area contributed by atoms with Crippen molar-refractivity contribution < 1.29 is 24.2 Å². The molecule has 21 heavy (non-hydrogen) atoms. The molecule has 0 aromatic heterocycles. The van der Waals surface area contributed by atoms with E-state index in [-0.39, 0.29) is 12.5 Å². The highest BCUT2D eigenvalue weighted by molar-refractivity contribution is 5.90. The minimum absolute atomic E-state index is 0.251. The van der Waals surface area contributed by atoms with Gasteiger partial charge in [-0.25, -0.2) is 9.59 Å². The van der Waals surface area contributed by atoms with Crippen LogP contribution >= 0.6 is 0 Å². The lowest BCUT2D eigenvalue weighted by atomic mass is 10.0. The van der Waals surface area contributed by atoms with Gasteiger partial charge < -0.3 is 14.7 Å². The fourth-order valence-electron chi connectivity index (χ4n) is 2.29. The first kappa shape index (κ1) is 14.8. The Morgan fingerprint density at radius 3 is 2.38 bits per heavy atom. The Kier molecular flexibility index (Phi) is 4.11. The van der Waals surface area contributed by atoms with Crippen LogP contribution in [0.5, 0.6) is 0 Å². The first-order chi connectivity index (χ1) is 9.95. The number of piperazine rings is 1. The zero-order valence-electron chi connectivity index (χ0n) is 11.8. The highest BCUT2D eigenvalue weighted by atomic mass is 16.5. The normalized spacial score (nSPS) is 18.6. The van der Waals surface area contributed by atoms with Gasteiger partial charge >= 0.3 is 12.1 Å². The predicted molar refractivity (Wildman–Crippen MR) is 72.9 cm³/mol. The average Bonchev–Trinajstić information content (AvgIpc) is 2.49. The molecule has 0 aliphatic carbocycles. The Labute approximate surface area is 121 Å². The van der Waals surface area contributed by atoms with Crippen molar-refractivity contribution in [2.45, 2.75) is 6.04 Å². The second-order valence-electron chi connectivity index (χ2n) is 4.75. The highest BCUT2D eigenvalue weighted by Gasteiger charge is 2.37. The number of methoxy groups -OCH3 is 1. The van der Waals surface area contributed by atoms with Crippen molar-refractivity contribution in [1.29, 1.82) is 0 Å². The van der Waals surface area contributed by atoms with E-state index in [1.807, 2.05) is 0 Å². The number of carbonyl (C=O) groups is 3. The van der Waals surface area contributed by atoms with Gasteiger partial charge in [0.25, 0.3) is 0 Å². The Balaban J connectivity index is 2.34. The molecule has 1 saturated heterocycles. The molecule has 1 aliphatic rings. The van der Waals surface area contributed by atoms with Crippen molar-refractivity contribution in [3.63, 3.8) is 0 Å². The first-order valence-electron chi connectivity index (χ1n) is 6.38. The van der Waals surface area contributed by atoms with Gasteiger partial charge in [-0.2, -0.15) is 0 Å². The summed E-state index contributed by atoms with van der Waals surface area (Å²) in [4.78, 5) is 37.5.